The Labute approximate surface area is 114 Å². The predicted molar refractivity (Wildman–Crippen MR) is 72.5 cm³/mol. The summed E-state index contributed by atoms with van der Waals surface area (Å²) in [7, 11) is 0. The highest BCUT2D eigenvalue weighted by Gasteiger charge is 2.25. The maximum Gasteiger partial charge on any atom is 0.247 e. The summed E-state index contributed by atoms with van der Waals surface area (Å²) in [6, 6.07) is -0.259. The highest BCUT2D eigenvalue weighted by atomic mass is 16.2. The van der Waals surface area contributed by atoms with Crippen LogP contribution in [0.1, 0.15) is 44.8 Å². The molecule has 1 atom stereocenters. The molecule has 1 aromatic heterocycles. The number of rotatable bonds is 6. The van der Waals surface area contributed by atoms with Crippen molar-refractivity contribution >= 4 is 5.91 Å². The summed E-state index contributed by atoms with van der Waals surface area (Å²) in [5, 5.41) is 11.4. The molecule has 1 aromatic rings. The molecule has 6 heteroatoms. The van der Waals surface area contributed by atoms with Gasteiger partial charge in [-0.05, 0) is 32.7 Å². The maximum atomic E-state index is 12.2. The summed E-state index contributed by atoms with van der Waals surface area (Å²) >= 11 is 0. The third-order valence-corrected chi connectivity index (χ3v) is 3.46. The molecule has 1 aliphatic heterocycles. The minimum Gasteiger partial charge on any atom is -0.341 e. The van der Waals surface area contributed by atoms with E-state index in [1.165, 1.54) is 0 Å². The molecule has 0 spiro atoms. The normalized spacial score (nSPS) is 16.8. The van der Waals surface area contributed by atoms with Gasteiger partial charge in [-0.3, -0.25) is 4.79 Å². The molecule has 1 saturated heterocycles. The van der Waals surface area contributed by atoms with Crippen LogP contribution in [0.5, 0.6) is 0 Å². The van der Waals surface area contributed by atoms with Gasteiger partial charge in [-0.15, -0.1) is 5.10 Å². The highest BCUT2D eigenvalue weighted by molar-refractivity contribution is 5.80. The molecule has 6 nitrogen and oxygen atoms in total. The van der Waals surface area contributed by atoms with Crippen LogP contribution in [0.3, 0.4) is 0 Å². The van der Waals surface area contributed by atoms with Crippen LogP contribution in [0.4, 0.5) is 0 Å². The van der Waals surface area contributed by atoms with E-state index >= 15 is 0 Å². The van der Waals surface area contributed by atoms with Crippen molar-refractivity contribution in [3.8, 4) is 0 Å². The van der Waals surface area contributed by atoms with Crippen LogP contribution in [-0.4, -0.2) is 45.4 Å². The zero-order chi connectivity index (χ0) is 13.7. The first-order valence-electron chi connectivity index (χ1n) is 7.12. The predicted octanol–water partition coefficient (Wildman–Crippen LogP) is 0.961. The number of nitrogens with zero attached hydrogens (tertiary/aromatic N) is 4. The van der Waals surface area contributed by atoms with Gasteiger partial charge >= 0.3 is 0 Å². The maximum absolute atomic E-state index is 12.2. The average molecular weight is 265 g/mol. The first-order chi connectivity index (χ1) is 9.22. The van der Waals surface area contributed by atoms with Gasteiger partial charge in [0.1, 0.15) is 6.04 Å². The fourth-order valence-electron chi connectivity index (χ4n) is 2.29. The van der Waals surface area contributed by atoms with Crippen molar-refractivity contribution in [1.29, 1.82) is 0 Å². The molecule has 0 saturated carbocycles. The Kier molecular flexibility index (Phi) is 4.90. The Balaban J connectivity index is 1.91. The summed E-state index contributed by atoms with van der Waals surface area (Å²) < 4.78 is 1.67. The summed E-state index contributed by atoms with van der Waals surface area (Å²) in [4.78, 5) is 14.2. The molecule has 19 heavy (non-hydrogen) atoms. The molecule has 1 unspecified atom stereocenters. The second kappa shape index (κ2) is 6.65. The first kappa shape index (κ1) is 14.0. The highest BCUT2D eigenvalue weighted by Crippen LogP contribution is 2.14. The third kappa shape index (κ3) is 3.53. The smallest absolute Gasteiger partial charge is 0.247 e. The van der Waals surface area contributed by atoms with Crippen molar-refractivity contribution in [1.82, 2.24) is 25.2 Å². The van der Waals surface area contributed by atoms with Crippen LogP contribution in [0.15, 0.2) is 6.20 Å². The molecule has 0 radical (unpaired) electrons. The number of aromatic nitrogens is 3. The van der Waals surface area contributed by atoms with Crippen molar-refractivity contribution in [2.45, 2.75) is 45.7 Å². The van der Waals surface area contributed by atoms with E-state index in [1.807, 2.05) is 18.0 Å². The largest absolute Gasteiger partial charge is 0.341 e. The third-order valence-electron chi connectivity index (χ3n) is 3.46. The van der Waals surface area contributed by atoms with E-state index in [0.717, 1.165) is 44.6 Å². The Bertz CT molecular complexity index is 411. The van der Waals surface area contributed by atoms with E-state index in [1.54, 1.807) is 4.68 Å². The Morgan fingerprint density at radius 3 is 2.89 bits per heavy atom. The van der Waals surface area contributed by atoms with Crippen LogP contribution >= 0.6 is 0 Å². The topological polar surface area (TPSA) is 63.1 Å². The van der Waals surface area contributed by atoms with E-state index in [-0.39, 0.29) is 11.9 Å². The quantitative estimate of drug-likeness (QED) is 0.778. The second-order valence-electron chi connectivity index (χ2n) is 5.08. The lowest BCUT2D eigenvalue weighted by Crippen LogP contribution is -2.34. The van der Waals surface area contributed by atoms with E-state index in [9.17, 15) is 4.79 Å². The SMILES string of the molecule is CCCNCc1cn(C(C)C(=O)N2CCCC2)nn1. The van der Waals surface area contributed by atoms with Gasteiger partial charge in [0, 0.05) is 19.6 Å². The van der Waals surface area contributed by atoms with Gasteiger partial charge in [-0.25, -0.2) is 4.68 Å². The van der Waals surface area contributed by atoms with Gasteiger partial charge in [0.15, 0.2) is 0 Å². The van der Waals surface area contributed by atoms with Gasteiger partial charge < -0.3 is 10.2 Å². The Morgan fingerprint density at radius 1 is 1.47 bits per heavy atom. The lowest BCUT2D eigenvalue weighted by atomic mass is 10.3. The fourth-order valence-corrected chi connectivity index (χ4v) is 2.29. The first-order valence-corrected chi connectivity index (χ1v) is 7.12. The van der Waals surface area contributed by atoms with Gasteiger partial charge in [-0.1, -0.05) is 12.1 Å². The van der Waals surface area contributed by atoms with E-state index in [2.05, 4.69) is 22.6 Å². The molecule has 2 rings (SSSR count). The average Bonchev–Trinajstić information content (AvgIpc) is 3.08. The summed E-state index contributed by atoms with van der Waals surface area (Å²) in [6.07, 6.45) is 5.18. The van der Waals surface area contributed by atoms with E-state index < -0.39 is 0 Å². The summed E-state index contributed by atoms with van der Waals surface area (Å²) in [5.41, 5.74) is 0.884. The van der Waals surface area contributed by atoms with Crippen LogP contribution in [0.25, 0.3) is 0 Å². The molecular formula is C13H23N5O. The summed E-state index contributed by atoms with van der Waals surface area (Å²) in [6.45, 7) is 7.44. The van der Waals surface area contributed by atoms with Gasteiger partial charge in [0.25, 0.3) is 0 Å². The number of carbonyl (C=O) groups is 1. The van der Waals surface area contributed by atoms with Gasteiger partial charge in [-0.2, -0.15) is 0 Å². The number of carbonyl (C=O) groups excluding carboxylic acids is 1. The molecule has 1 aliphatic rings. The van der Waals surface area contributed by atoms with Crippen LogP contribution < -0.4 is 5.32 Å². The zero-order valence-electron chi connectivity index (χ0n) is 11.8. The van der Waals surface area contributed by atoms with Crippen LogP contribution in [-0.2, 0) is 11.3 Å². The fraction of sp³-hybridized carbons (Fsp3) is 0.769. The molecule has 2 heterocycles. The number of likely N-dealkylation sites (tertiary alicyclic amines) is 1. The molecule has 1 amide bonds. The Hall–Kier alpha value is -1.43. The van der Waals surface area contributed by atoms with Crippen molar-refractivity contribution in [3.05, 3.63) is 11.9 Å². The lowest BCUT2D eigenvalue weighted by molar-refractivity contribution is -0.133. The second-order valence-corrected chi connectivity index (χ2v) is 5.08. The van der Waals surface area contributed by atoms with Crippen LogP contribution in [0.2, 0.25) is 0 Å². The minimum atomic E-state index is -0.259. The molecular weight excluding hydrogens is 242 g/mol. The van der Waals surface area contributed by atoms with Crippen molar-refractivity contribution in [2.75, 3.05) is 19.6 Å². The number of nitrogens with one attached hydrogen (secondary N) is 1. The van der Waals surface area contributed by atoms with Gasteiger partial charge in [0.05, 0.1) is 11.9 Å². The van der Waals surface area contributed by atoms with Gasteiger partial charge in [0.2, 0.25) is 5.91 Å². The van der Waals surface area contributed by atoms with Crippen molar-refractivity contribution in [3.63, 3.8) is 0 Å². The lowest BCUT2D eigenvalue weighted by Gasteiger charge is -2.19. The zero-order valence-corrected chi connectivity index (χ0v) is 11.8. The Morgan fingerprint density at radius 2 is 2.21 bits per heavy atom. The van der Waals surface area contributed by atoms with Crippen LogP contribution in [0, 0.1) is 0 Å². The molecule has 106 valence electrons. The molecule has 0 aliphatic carbocycles. The number of hydrogen-bond donors (Lipinski definition) is 1. The van der Waals surface area contributed by atoms with E-state index in [4.69, 9.17) is 0 Å². The molecule has 1 fully saturated rings. The van der Waals surface area contributed by atoms with E-state index in [0.29, 0.717) is 6.54 Å². The van der Waals surface area contributed by atoms with Crippen molar-refractivity contribution in [2.24, 2.45) is 0 Å². The summed E-state index contributed by atoms with van der Waals surface area (Å²) in [5.74, 6) is 0.149. The molecule has 0 aromatic carbocycles. The standard InChI is InChI=1S/C13H23N5O/c1-3-6-14-9-12-10-18(16-15-12)11(2)13(19)17-7-4-5-8-17/h10-11,14H,3-9H2,1-2H3. The number of hydrogen-bond acceptors (Lipinski definition) is 4. The molecule has 1 N–H and O–H groups in total. The number of amides is 1. The minimum absolute atomic E-state index is 0.149. The molecule has 0 bridgehead atoms. The van der Waals surface area contributed by atoms with Crippen molar-refractivity contribution < 1.29 is 4.79 Å². The monoisotopic (exact) mass is 265 g/mol.